The Balaban J connectivity index is 2.22. The molecule has 1 heterocycles. The van der Waals surface area contributed by atoms with Crippen LogP contribution in [0, 0.1) is 0 Å². The first-order valence-electron chi connectivity index (χ1n) is 5.04. The van der Waals surface area contributed by atoms with Gasteiger partial charge >= 0.3 is 103 Å². The van der Waals surface area contributed by atoms with E-state index in [0.717, 1.165) is 25.9 Å². The molecule has 0 saturated carbocycles. The van der Waals surface area contributed by atoms with Gasteiger partial charge in [0.1, 0.15) is 0 Å². The summed E-state index contributed by atoms with van der Waals surface area (Å²) < 4.78 is 14.4. The van der Waals surface area contributed by atoms with Crippen LogP contribution in [0.15, 0.2) is 42.5 Å². The molecule has 3 rings (SSSR count). The van der Waals surface area contributed by atoms with Gasteiger partial charge < -0.3 is 0 Å². The Morgan fingerprint density at radius 2 is 1.75 bits per heavy atom. The predicted octanol–water partition coefficient (Wildman–Crippen LogP) is 1.78. The first kappa shape index (κ1) is 10.2. The number of fused-ring (bicyclic) bond motifs is 2. The van der Waals surface area contributed by atoms with Crippen LogP contribution in [-0.2, 0) is 10.3 Å². The van der Waals surface area contributed by atoms with Crippen LogP contribution in [0.5, 0.6) is 0 Å². The molecule has 2 aromatic carbocycles. The van der Waals surface area contributed by atoms with Crippen LogP contribution in [0.3, 0.4) is 0 Å². The molecule has 0 N–H and O–H groups in total. The summed E-state index contributed by atoms with van der Waals surface area (Å²) in [6.07, 6.45) is 0.842. The van der Waals surface area contributed by atoms with Gasteiger partial charge in [-0.25, -0.2) is 0 Å². The van der Waals surface area contributed by atoms with Crippen molar-refractivity contribution in [3.8, 4) is 0 Å². The number of halogens is 1. The molecule has 0 saturated heterocycles. The summed E-state index contributed by atoms with van der Waals surface area (Å²) in [5.74, 6) is 0. The van der Waals surface area contributed by atoms with Crippen LogP contribution < -0.4 is 8.92 Å². The molecule has 0 radical (unpaired) electrons. The molecule has 16 heavy (non-hydrogen) atoms. The van der Waals surface area contributed by atoms with Gasteiger partial charge in [0.05, 0.1) is 0 Å². The Morgan fingerprint density at radius 3 is 2.62 bits per heavy atom. The van der Waals surface area contributed by atoms with Gasteiger partial charge in [-0.3, -0.25) is 0 Å². The van der Waals surface area contributed by atoms with Crippen molar-refractivity contribution in [2.24, 2.45) is 0 Å². The van der Waals surface area contributed by atoms with E-state index in [1.54, 1.807) is 0 Å². The average Bonchev–Trinajstić information content (AvgIpc) is 2.29. The van der Waals surface area contributed by atoms with E-state index in [2.05, 4.69) is 0 Å². The number of rotatable bonds is 0. The van der Waals surface area contributed by atoms with Crippen LogP contribution >= 0.6 is 11.6 Å². The number of hydrogen-bond donors (Lipinski definition) is 0. The van der Waals surface area contributed by atoms with Crippen molar-refractivity contribution in [3.05, 3.63) is 58.6 Å². The monoisotopic (exact) mass is 296 g/mol. The summed E-state index contributed by atoms with van der Waals surface area (Å²) >= 11 is 3.89. The van der Waals surface area contributed by atoms with Crippen molar-refractivity contribution < 1.29 is 3.83 Å². The SMILES string of the molecule is O=[Se]1c2ccccc2Cc2cc(Cl)ccc21. The predicted molar refractivity (Wildman–Crippen MR) is 66.4 cm³/mol. The van der Waals surface area contributed by atoms with Crippen molar-refractivity contribution in [2.45, 2.75) is 6.42 Å². The van der Waals surface area contributed by atoms with Gasteiger partial charge in [0, 0.05) is 0 Å². The van der Waals surface area contributed by atoms with E-state index in [1.165, 1.54) is 5.56 Å². The molecule has 0 bridgehead atoms. The topological polar surface area (TPSA) is 17.1 Å². The van der Waals surface area contributed by atoms with Crippen LogP contribution in [0.25, 0.3) is 0 Å². The van der Waals surface area contributed by atoms with E-state index < -0.39 is 13.8 Å². The molecule has 1 unspecified atom stereocenters. The summed E-state index contributed by atoms with van der Waals surface area (Å²) in [7, 11) is 0. The van der Waals surface area contributed by atoms with Gasteiger partial charge in [-0.05, 0) is 0 Å². The fourth-order valence-electron chi connectivity index (χ4n) is 2.02. The van der Waals surface area contributed by atoms with Crippen molar-refractivity contribution in [1.29, 1.82) is 0 Å². The Bertz CT molecular complexity index is 592. The second-order valence-corrected chi connectivity index (χ2v) is 7.21. The first-order chi connectivity index (χ1) is 7.75. The summed E-state index contributed by atoms with van der Waals surface area (Å²) in [4.78, 5) is 0. The van der Waals surface area contributed by atoms with Crippen LogP contribution in [-0.4, -0.2) is 13.8 Å². The molecular weight excluding hydrogens is 287 g/mol. The molecular formula is C13H9ClOSe. The molecule has 0 spiro atoms. The van der Waals surface area contributed by atoms with Crippen LogP contribution in [0.2, 0.25) is 5.02 Å². The molecule has 1 aliphatic heterocycles. The van der Waals surface area contributed by atoms with E-state index in [1.807, 2.05) is 42.5 Å². The summed E-state index contributed by atoms with van der Waals surface area (Å²) in [5, 5.41) is 0.719. The molecule has 0 fully saturated rings. The van der Waals surface area contributed by atoms with E-state index >= 15 is 0 Å². The second-order valence-electron chi connectivity index (χ2n) is 3.81. The quantitative estimate of drug-likeness (QED) is 0.578. The molecule has 80 valence electrons. The molecule has 0 aliphatic carbocycles. The molecule has 2 aromatic rings. The molecule has 0 amide bonds. The van der Waals surface area contributed by atoms with Crippen molar-refractivity contribution >= 4 is 34.4 Å². The zero-order valence-corrected chi connectivity index (χ0v) is 10.9. The molecule has 1 atom stereocenters. The standard InChI is InChI=1S/C13H9ClOSe/c14-11-5-6-13-10(8-11)7-9-3-1-2-4-12(9)16(13)15/h1-6,8H,7H2. The Labute approximate surface area is 103 Å². The molecule has 1 aliphatic rings. The normalized spacial score (nSPS) is 17.7. The third kappa shape index (κ3) is 1.54. The third-order valence-corrected chi connectivity index (χ3v) is 6.36. The Morgan fingerprint density at radius 1 is 1.00 bits per heavy atom. The third-order valence-electron chi connectivity index (χ3n) is 2.78. The maximum absolute atomic E-state index is 12.4. The fourth-order valence-corrected chi connectivity index (χ4v) is 5.11. The van der Waals surface area contributed by atoms with E-state index in [0.29, 0.717) is 0 Å². The van der Waals surface area contributed by atoms with E-state index in [4.69, 9.17) is 11.6 Å². The van der Waals surface area contributed by atoms with Gasteiger partial charge in [-0.1, -0.05) is 0 Å². The zero-order valence-electron chi connectivity index (χ0n) is 8.44. The zero-order chi connectivity index (χ0) is 11.1. The van der Waals surface area contributed by atoms with Crippen molar-refractivity contribution in [3.63, 3.8) is 0 Å². The van der Waals surface area contributed by atoms with E-state index in [9.17, 15) is 3.83 Å². The van der Waals surface area contributed by atoms with Crippen LogP contribution in [0.1, 0.15) is 11.1 Å². The fraction of sp³-hybridized carbons (Fsp3) is 0.0769. The van der Waals surface area contributed by atoms with Crippen molar-refractivity contribution in [1.82, 2.24) is 0 Å². The van der Waals surface area contributed by atoms with Gasteiger partial charge in [0.25, 0.3) is 0 Å². The Hall–Kier alpha value is -0.951. The van der Waals surface area contributed by atoms with Crippen molar-refractivity contribution in [2.75, 3.05) is 0 Å². The molecule has 3 heteroatoms. The van der Waals surface area contributed by atoms with Crippen LogP contribution in [0.4, 0.5) is 0 Å². The maximum atomic E-state index is 12.4. The molecule has 1 nitrogen and oxygen atoms in total. The molecule has 0 aromatic heterocycles. The average molecular weight is 296 g/mol. The Kier molecular flexibility index (Phi) is 2.44. The first-order valence-corrected chi connectivity index (χ1v) is 7.83. The summed E-state index contributed by atoms with van der Waals surface area (Å²) in [5.41, 5.74) is 2.29. The van der Waals surface area contributed by atoms with Gasteiger partial charge in [-0.15, -0.1) is 0 Å². The van der Waals surface area contributed by atoms with Gasteiger partial charge in [0.2, 0.25) is 0 Å². The number of benzene rings is 2. The minimum atomic E-state index is -2.07. The van der Waals surface area contributed by atoms with Gasteiger partial charge in [-0.2, -0.15) is 0 Å². The summed E-state index contributed by atoms with van der Waals surface area (Å²) in [6, 6.07) is 13.6. The van der Waals surface area contributed by atoms with E-state index in [-0.39, 0.29) is 0 Å². The van der Waals surface area contributed by atoms with Gasteiger partial charge in [0.15, 0.2) is 0 Å². The summed E-state index contributed by atoms with van der Waals surface area (Å²) in [6.45, 7) is 0. The second kappa shape index (κ2) is 3.81. The number of hydrogen-bond acceptors (Lipinski definition) is 1. The minimum absolute atomic E-state index is 0.719.